The van der Waals surface area contributed by atoms with E-state index in [4.69, 9.17) is 5.26 Å². The van der Waals surface area contributed by atoms with Crippen LogP contribution in [0.4, 0.5) is 13.2 Å². The van der Waals surface area contributed by atoms with Crippen LogP contribution in [-0.2, 0) is 19.3 Å². The van der Waals surface area contributed by atoms with Crippen LogP contribution in [0.15, 0.2) is 66.7 Å². The molecular formula is C30H26F3N. The normalized spacial score (nSPS) is 11.0. The van der Waals surface area contributed by atoms with Gasteiger partial charge in [-0.25, -0.2) is 13.2 Å². The molecule has 0 aliphatic heterocycles. The number of hydrogen-bond donors (Lipinski definition) is 0. The number of aryl methyl sites for hydroxylation is 3. The maximum Gasteiger partial charge on any atom is 0.134 e. The molecule has 4 heteroatoms. The molecule has 0 aromatic heterocycles. The maximum absolute atomic E-state index is 15.2. The molecule has 0 saturated heterocycles. The van der Waals surface area contributed by atoms with Crippen molar-refractivity contribution in [1.29, 1.82) is 5.26 Å². The van der Waals surface area contributed by atoms with Crippen molar-refractivity contribution in [3.8, 4) is 17.2 Å². The Labute approximate surface area is 198 Å². The summed E-state index contributed by atoms with van der Waals surface area (Å²) in [6.07, 6.45) is 4.78. The van der Waals surface area contributed by atoms with Gasteiger partial charge in [-0.2, -0.15) is 5.26 Å². The Morgan fingerprint density at radius 1 is 0.735 bits per heavy atom. The fraction of sp³-hybridized carbons (Fsp3) is 0.233. The number of hydrogen-bond acceptors (Lipinski definition) is 1. The molecule has 0 atom stereocenters. The van der Waals surface area contributed by atoms with Gasteiger partial charge in [-0.15, -0.1) is 0 Å². The van der Waals surface area contributed by atoms with E-state index in [9.17, 15) is 8.78 Å². The van der Waals surface area contributed by atoms with Crippen LogP contribution in [-0.4, -0.2) is 0 Å². The second kappa shape index (κ2) is 10.6. The molecule has 172 valence electrons. The summed E-state index contributed by atoms with van der Waals surface area (Å²) in [6.45, 7) is 2.09. The molecule has 1 nitrogen and oxygen atoms in total. The summed E-state index contributed by atoms with van der Waals surface area (Å²) in [6, 6.07) is 20.5. The third-order valence-corrected chi connectivity index (χ3v) is 6.26. The van der Waals surface area contributed by atoms with Gasteiger partial charge in [0.25, 0.3) is 0 Å². The molecule has 0 radical (unpaired) electrons. The van der Waals surface area contributed by atoms with Gasteiger partial charge in [0, 0.05) is 5.39 Å². The summed E-state index contributed by atoms with van der Waals surface area (Å²) in [7, 11) is 0. The molecule has 0 saturated carbocycles. The molecule has 0 heterocycles. The van der Waals surface area contributed by atoms with Gasteiger partial charge >= 0.3 is 0 Å². The third-order valence-electron chi connectivity index (χ3n) is 6.26. The highest BCUT2D eigenvalue weighted by Crippen LogP contribution is 2.32. The molecule has 0 N–H and O–H groups in total. The molecule has 4 aromatic carbocycles. The first-order chi connectivity index (χ1) is 16.5. The van der Waals surface area contributed by atoms with Crippen molar-refractivity contribution < 1.29 is 13.2 Å². The second-order valence-corrected chi connectivity index (χ2v) is 8.67. The number of halogens is 3. The predicted octanol–water partition coefficient (Wildman–Crippen LogP) is 8.31. The van der Waals surface area contributed by atoms with Crippen LogP contribution >= 0.6 is 0 Å². The Bertz CT molecular complexity index is 1330. The van der Waals surface area contributed by atoms with Crippen molar-refractivity contribution in [3.63, 3.8) is 0 Å². The van der Waals surface area contributed by atoms with E-state index in [2.05, 4.69) is 13.0 Å². The first-order valence-electron chi connectivity index (χ1n) is 11.7. The first-order valence-corrected chi connectivity index (χ1v) is 11.7. The van der Waals surface area contributed by atoms with Crippen molar-refractivity contribution in [1.82, 2.24) is 0 Å². The van der Waals surface area contributed by atoms with E-state index in [-0.39, 0.29) is 11.4 Å². The van der Waals surface area contributed by atoms with Gasteiger partial charge in [0.15, 0.2) is 0 Å². The SMILES string of the molecule is CCCCCc1cc(F)c(-c2ccc3c(F)c(CCc4ccc(C#N)cc4)ccc3c2)c(F)c1. The Balaban J connectivity index is 1.57. The fourth-order valence-electron chi connectivity index (χ4n) is 4.34. The number of nitrogens with zero attached hydrogens (tertiary/aromatic N) is 1. The largest absolute Gasteiger partial charge is 0.206 e. The van der Waals surface area contributed by atoms with Gasteiger partial charge in [-0.1, -0.05) is 56.2 Å². The van der Waals surface area contributed by atoms with E-state index in [0.29, 0.717) is 52.3 Å². The van der Waals surface area contributed by atoms with Gasteiger partial charge in [0.05, 0.1) is 17.2 Å². The highest BCUT2D eigenvalue weighted by atomic mass is 19.1. The second-order valence-electron chi connectivity index (χ2n) is 8.67. The summed E-state index contributed by atoms with van der Waals surface area (Å²) < 4.78 is 44.8. The maximum atomic E-state index is 15.2. The number of benzene rings is 4. The summed E-state index contributed by atoms with van der Waals surface area (Å²) in [5.74, 6) is -1.50. The van der Waals surface area contributed by atoms with Crippen LogP contribution in [0.3, 0.4) is 0 Å². The number of nitriles is 1. The lowest BCUT2D eigenvalue weighted by atomic mass is 9.95. The van der Waals surface area contributed by atoms with Crippen LogP contribution in [0.1, 0.15) is 48.4 Å². The summed E-state index contributed by atoms with van der Waals surface area (Å²) in [5.41, 5.74) is 3.18. The van der Waals surface area contributed by atoms with E-state index in [1.54, 1.807) is 42.5 Å². The monoisotopic (exact) mass is 457 g/mol. The number of rotatable bonds is 8. The Morgan fingerprint density at radius 2 is 1.47 bits per heavy atom. The summed E-state index contributed by atoms with van der Waals surface area (Å²) in [4.78, 5) is 0. The lowest BCUT2D eigenvalue weighted by Crippen LogP contribution is -1.97. The molecule has 0 spiro atoms. The van der Waals surface area contributed by atoms with E-state index in [1.165, 1.54) is 12.1 Å². The predicted molar refractivity (Wildman–Crippen MR) is 131 cm³/mol. The molecule has 0 aliphatic carbocycles. The molecule has 0 fully saturated rings. The molecule has 0 amide bonds. The topological polar surface area (TPSA) is 23.8 Å². The molecule has 4 rings (SSSR count). The van der Waals surface area contributed by atoms with E-state index in [1.807, 2.05) is 12.1 Å². The van der Waals surface area contributed by atoms with Crippen molar-refractivity contribution >= 4 is 10.8 Å². The summed E-state index contributed by atoms with van der Waals surface area (Å²) in [5, 5.41) is 9.94. The van der Waals surface area contributed by atoms with Gasteiger partial charge in [0.1, 0.15) is 17.5 Å². The minimum absolute atomic E-state index is 0.0774. The first kappa shape index (κ1) is 23.6. The van der Waals surface area contributed by atoms with Crippen LogP contribution in [0, 0.1) is 28.8 Å². The van der Waals surface area contributed by atoms with Crippen LogP contribution in [0.2, 0.25) is 0 Å². The summed E-state index contributed by atoms with van der Waals surface area (Å²) >= 11 is 0. The highest BCUT2D eigenvalue weighted by Gasteiger charge is 2.15. The van der Waals surface area contributed by atoms with Crippen molar-refractivity contribution in [2.45, 2.75) is 45.4 Å². The number of unbranched alkanes of at least 4 members (excludes halogenated alkanes) is 2. The third kappa shape index (κ3) is 5.15. The molecule has 4 aromatic rings. The number of fused-ring (bicyclic) bond motifs is 1. The molecule has 0 aliphatic rings. The van der Waals surface area contributed by atoms with Gasteiger partial charge in [0.2, 0.25) is 0 Å². The van der Waals surface area contributed by atoms with E-state index in [0.717, 1.165) is 24.8 Å². The molecule has 34 heavy (non-hydrogen) atoms. The average molecular weight is 458 g/mol. The van der Waals surface area contributed by atoms with Crippen LogP contribution in [0.25, 0.3) is 21.9 Å². The van der Waals surface area contributed by atoms with Gasteiger partial charge < -0.3 is 0 Å². The lowest BCUT2D eigenvalue weighted by molar-refractivity contribution is 0.584. The fourth-order valence-corrected chi connectivity index (χ4v) is 4.34. The average Bonchev–Trinajstić information content (AvgIpc) is 2.84. The minimum Gasteiger partial charge on any atom is -0.206 e. The van der Waals surface area contributed by atoms with Gasteiger partial charge in [-0.3, -0.25) is 0 Å². The van der Waals surface area contributed by atoms with Crippen LogP contribution < -0.4 is 0 Å². The zero-order valence-electron chi connectivity index (χ0n) is 19.2. The van der Waals surface area contributed by atoms with Crippen molar-refractivity contribution in [2.75, 3.05) is 0 Å². The lowest BCUT2D eigenvalue weighted by Gasteiger charge is -2.11. The van der Waals surface area contributed by atoms with Crippen molar-refractivity contribution in [2.24, 2.45) is 0 Å². The van der Waals surface area contributed by atoms with E-state index >= 15 is 4.39 Å². The van der Waals surface area contributed by atoms with Crippen molar-refractivity contribution in [3.05, 3.63) is 106 Å². The zero-order valence-corrected chi connectivity index (χ0v) is 19.2. The Morgan fingerprint density at radius 3 is 2.15 bits per heavy atom. The Hall–Kier alpha value is -3.58. The molecular weight excluding hydrogens is 431 g/mol. The highest BCUT2D eigenvalue weighted by molar-refractivity contribution is 5.88. The quantitative estimate of drug-likeness (QED) is 0.244. The molecule has 0 unspecified atom stereocenters. The Kier molecular flexibility index (Phi) is 7.33. The zero-order chi connectivity index (χ0) is 24.1. The standard InChI is InChI=1S/C30H26F3N/c1-2-3-4-5-22-16-27(31)29(28(32)17-22)25-14-15-26-24(18-25)13-12-23(30(26)33)11-10-20-6-8-21(19-34)9-7-20/h6-9,12-18H,2-5,10-11H2,1H3. The smallest absolute Gasteiger partial charge is 0.134 e. The van der Waals surface area contributed by atoms with E-state index < -0.39 is 11.6 Å². The van der Waals surface area contributed by atoms with Crippen LogP contribution in [0.5, 0.6) is 0 Å². The minimum atomic E-state index is -0.592. The molecule has 0 bridgehead atoms. The van der Waals surface area contributed by atoms with Gasteiger partial charge in [-0.05, 0) is 83.7 Å².